The van der Waals surface area contributed by atoms with Gasteiger partial charge in [-0.05, 0) is 12.8 Å². The minimum absolute atomic E-state index is 0.146. The highest BCUT2D eigenvalue weighted by atomic mass is 16.4. The Labute approximate surface area is 83.2 Å². The molecule has 5 nitrogen and oxygen atoms in total. The average molecular weight is 195 g/mol. The quantitative estimate of drug-likeness (QED) is 0.474. The van der Waals surface area contributed by atoms with E-state index in [2.05, 4.69) is 0 Å². The van der Waals surface area contributed by atoms with Crippen molar-refractivity contribution < 1.29 is 9.90 Å². The molecule has 0 unspecified atom stereocenters. The van der Waals surface area contributed by atoms with Gasteiger partial charge in [0.05, 0.1) is 25.2 Å². The number of hydrogen-bond donors (Lipinski definition) is 1. The fourth-order valence-corrected chi connectivity index (χ4v) is 1.03. The first-order chi connectivity index (χ1) is 6.70. The lowest BCUT2D eigenvalue weighted by Crippen LogP contribution is -2.25. The minimum atomic E-state index is -0.808. The molecule has 0 aliphatic rings. The van der Waals surface area contributed by atoms with Crippen molar-refractivity contribution in [3.8, 4) is 12.1 Å². The standard InChI is InChI=1S/C9H13N3O2/c10-4-7-12(8-5-11)6-2-1-3-9(13)14/h1-3,6-8H2,(H,13,14). The fraction of sp³-hybridized carbons (Fsp3) is 0.667. The van der Waals surface area contributed by atoms with Crippen LogP contribution in [0.15, 0.2) is 0 Å². The Hall–Kier alpha value is -1.59. The SMILES string of the molecule is N#CCN(CC#N)CCCCC(=O)O. The van der Waals surface area contributed by atoms with Crippen LogP contribution in [0.2, 0.25) is 0 Å². The summed E-state index contributed by atoms with van der Waals surface area (Å²) in [5, 5.41) is 25.2. The lowest BCUT2D eigenvalue weighted by Gasteiger charge is -2.13. The van der Waals surface area contributed by atoms with E-state index in [0.29, 0.717) is 19.4 Å². The first kappa shape index (κ1) is 12.4. The second-order valence-electron chi connectivity index (χ2n) is 2.88. The molecule has 0 radical (unpaired) electrons. The van der Waals surface area contributed by atoms with Gasteiger partial charge >= 0.3 is 5.97 Å². The monoisotopic (exact) mass is 195 g/mol. The number of nitriles is 2. The van der Waals surface area contributed by atoms with Gasteiger partial charge in [-0.15, -0.1) is 0 Å². The van der Waals surface area contributed by atoms with Gasteiger partial charge in [0, 0.05) is 13.0 Å². The summed E-state index contributed by atoms with van der Waals surface area (Å²) in [6.45, 7) is 1.05. The molecule has 0 saturated heterocycles. The van der Waals surface area contributed by atoms with Crippen molar-refractivity contribution in [1.82, 2.24) is 4.90 Å². The normalized spacial score (nSPS) is 9.36. The molecule has 0 amide bonds. The van der Waals surface area contributed by atoms with E-state index in [4.69, 9.17) is 15.6 Å². The Balaban J connectivity index is 3.57. The Bertz CT molecular complexity index is 236. The van der Waals surface area contributed by atoms with Crippen LogP contribution in [-0.4, -0.2) is 35.6 Å². The molecule has 0 spiro atoms. The predicted molar refractivity (Wildman–Crippen MR) is 49.2 cm³/mol. The maximum atomic E-state index is 10.2. The summed E-state index contributed by atoms with van der Waals surface area (Å²) in [6.07, 6.45) is 1.44. The number of nitrogens with zero attached hydrogens (tertiary/aromatic N) is 3. The largest absolute Gasteiger partial charge is 0.481 e. The van der Waals surface area contributed by atoms with E-state index >= 15 is 0 Å². The van der Waals surface area contributed by atoms with E-state index in [-0.39, 0.29) is 19.5 Å². The molecule has 14 heavy (non-hydrogen) atoms. The van der Waals surface area contributed by atoms with Crippen LogP contribution in [0.25, 0.3) is 0 Å². The summed E-state index contributed by atoms with van der Waals surface area (Å²) >= 11 is 0. The summed E-state index contributed by atoms with van der Waals surface area (Å²) in [5.74, 6) is -0.808. The Kier molecular flexibility index (Phi) is 7.12. The molecule has 0 bridgehead atoms. The summed E-state index contributed by atoms with van der Waals surface area (Å²) < 4.78 is 0. The van der Waals surface area contributed by atoms with Gasteiger partial charge in [0.1, 0.15) is 0 Å². The third-order valence-electron chi connectivity index (χ3n) is 1.70. The summed E-state index contributed by atoms with van der Waals surface area (Å²) in [5.41, 5.74) is 0. The topological polar surface area (TPSA) is 88.1 Å². The first-order valence-corrected chi connectivity index (χ1v) is 4.38. The van der Waals surface area contributed by atoms with Crippen molar-refractivity contribution in [2.45, 2.75) is 19.3 Å². The predicted octanol–water partition coefficient (Wildman–Crippen LogP) is 0.590. The fourth-order valence-electron chi connectivity index (χ4n) is 1.03. The third kappa shape index (κ3) is 7.08. The smallest absolute Gasteiger partial charge is 0.303 e. The number of hydrogen-bond acceptors (Lipinski definition) is 4. The number of unbranched alkanes of at least 4 members (excludes halogenated alkanes) is 1. The van der Waals surface area contributed by atoms with Crippen LogP contribution < -0.4 is 0 Å². The number of carbonyl (C=O) groups is 1. The summed E-state index contributed by atoms with van der Waals surface area (Å²) in [4.78, 5) is 11.9. The van der Waals surface area contributed by atoms with E-state index in [1.165, 1.54) is 0 Å². The van der Waals surface area contributed by atoms with E-state index in [0.717, 1.165) is 0 Å². The van der Waals surface area contributed by atoms with Crippen molar-refractivity contribution in [3.63, 3.8) is 0 Å². The molecule has 0 rings (SSSR count). The van der Waals surface area contributed by atoms with Gasteiger partial charge in [-0.25, -0.2) is 0 Å². The van der Waals surface area contributed by atoms with E-state index in [1.54, 1.807) is 4.90 Å². The van der Waals surface area contributed by atoms with Gasteiger partial charge < -0.3 is 5.11 Å². The van der Waals surface area contributed by atoms with Crippen LogP contribution in [-0.2, 0) is 4.79 Å². The van der Waals surface area contributed by atoms with Crippen LogP contribution >= 0.6 is 0 Å². The van der Waals surface area contributed by atoms with Crippen LogP contribution in [0.5, 0.6) is 0 Å². The summed E-state index contributed by atoms with van der Waals surface area (Å²) in [7, 11) is 0. The highest BCUT2D eigenvalue weighted by molar-refractivity contribution is 5.66. The lowest BCUT2D eigenvalue weighted by molar-refractivity contribution is -0.137. The van der Waals surface area contributed by atoms with Crippen molar-refractivity contribution in [3.05, 3.63) is 0 Å². The molecule has 1 N–H and O–H groups in total. The third-order valence-corrected chi connectivity index (χ3v) is 1.70. The molecule has 0 aromatic rings. The second kappa shape index (κ2) is 8.03. The van der Waals surface area contributed by atoms with Gasteiger partial charge in [-0.3, -0.25) is 9.69 Å². The van der Waals surface area contributed by atoms with Crippen molar-refractivity contribution in [2.75, 3.05) is 19.6 Å². The van der Waals surface area contributed by atoms with E-state index in [9.17, 15) is 4.79 Å². The number of carboxylic acids is 1. The van der Waals surface area contributed by atoms with Gasteiger partial charge in [0.25, 0.3) is 0 Å². The molecule has 0 aliphatic heterocycles. The Morgan fingerprint density at radius 2 is 1.79 bits per heavy atom. The van der Waals surface area contributed by atoms with Crippen molar-refractivity contribution in [1.29, 1.82) is 10.5 Å². The lowest BCUT2D eigenvalue weighted by atomic mass is 10.2. The highest BCUT2D eigenvalue weighted by Gasteiger charge is 2.03. The zero-order valence-corrected chi connectivity index (χ0v) is 7.94. The van der Waals surface area contributed by atoms with Crippen LogP contribution in [0.3, 0.4) is 0 Å². The molecule has 0 atom stereocenters. The number of rotatable bonds is 7. The van der Waals surface area contributed by atoms with Gasteiger partial charge in [0.15, 0.2) is 0 Å². The Morgan fingerprint density at radius 1 is 1.21 bits per heavy atom. The van der Waals surface area contributed by atoms with Gasteiger partial charge in [0.2, 0.25) is 0 Å². The number of carboxylic acid groups (broad SMARTS) is 1. The molecular formula is C9H13N3O2. The second-order valence-corrected chi connectivity index (χ2v) is 2.88. The highest BCUT2D eigenvalue weighted by Crippen LogP contribution is 1.98. The molecule has 0 aromatic heterocycles. The molecule has 0 heterocycles. The van der Waals surface area contributed by atoms with Gasteiger partial charge in [-0.2, -0.15) is 10.5 Å². The Morgan fingerprint density at radius 3 is 2.21 bits per heavy atom. The first-order valence-electron chi connectivity index (χ1n) is 4.38. The molecule has 0 aliphatic carbocycles. The average Bonchev–Trinajstić information content (AvgIpc) is 2.12. The maximum absolute atomic E-state index is 10.2. The molecule has 5 heteroatoms. The van der Waals surface area contributed by atoms with Crippen LogP contribution in [0.4, 0.5) is 0 Å². The minimum Gasteiger partial charge on any atom is -0.481 e. The van der Waals surface area contributed by atoms with Gasteiger partial charge in [-0.1, -0.05) is 0 Å². The van der Waals surface area contributed by atoms with E-state index < -0.39 is 5.97 Å². The molecule has 76 valence electrons. The molecule has 0 saturated carbocycles. The van der Waals surface area contributed by atoms with Crippen molar-refractivity contribution in [2.24, 2.45) is 0 Å². The molecular weight excluding hydrogens is 182 g/mol. The van der Waals surface area contributed by atoms with Crippen molar-refractivity contribution >= 4 is 5.97 Å². The van der Waals surface area contributed by atoms with Crippen LogP contribution in [0, 0.1) is 22.7 Å². The zero-order valence-electron chi connectivity index (χ0n) is 7.94. The van der Waals surface area contributed by atoms with E-state index in [1.807, 2.05) is 12.1 Å². The number of aliphatic carboxylic acids is 1. The summed E-state index contributed by atoms with van der Waals surface area (Å²) in [6, 6.07) is 3.92. The zero-order chi connectivity index (χ0) is 10.8. The molecule has 0 fully saturated rings. The molecule has 0 aromatic carbocycles. The maximum Gasteiger partial charge on any atom is 0.303 e. The van der Waals surface area contributed by atoms with Crippen LogP contribution in [0.1, 0.15) is 19.3 Å².